The Morgan fingerprint density at radius 1 is 0.881 bits per heavy atom. The Labute approximate surface area is 352 Å². The molecule has 5 aromatic rings. The summed E-state index contributed by atoms with van der Waals surface area (Å²) in [6.45, 7) is 24.1. The number of hydrogen-bond acceptors (Lipinski definition) is 11. The normalized spacial score (nSPS) is 19.5. The largest absolute Gasteiger partial charge is 0.406 e. The van der Waals surface area contributed by atoms with Crippen molar-refractivity contribution < 1.29 is 22.9 Å². The maximum Gasteiger partial charge on any atom is 0.259 e. The third kappa shape index (κ3) is 9.67. The summed E-state index contributed by atoms with van der Waals surface area (Å²) in [6.07, 6.45) is 0.465. The second-order valence-electron chi connectivity index (χ2n) is 17.4. The van der Waals surface area contributed by atoms with Crippen LogP contribution in [0.3, 0.4) is 0 Å². The predicted molar refractivity (Wildman–Crippen MR) is 234 cm³/mol. The number of fused-ring (bicyclic) bond motifs is 1. The van der Waals surface area contributed by atoms with Gasteiger partial charge in [-0.3, -0.25) is 0 Å². The van der Waals surface area contributed by atoms with E-state index in [9.17, 15) is 5.26 Å². The van der Waals surface area contributed by atoms with E-state index in [0.29, 0.717) is 11.2 Å². The molecule has 6 rings (SSSR count). The molecule has 1 aliphatic heterocycles. The second-order valence-corrected chi connectivity index (χ2v) is 23.5. The summed E-state index contributed by atoms with van der Waals surface area (Å²) in [5.74, 6) is 0. The lowest BCUT2D eigenvalue weighted by molar-refractivity contribution is -0.0954. The highest BCUT2D eigenvalue weighted by molar-refractivity contribution is 7.44. The van der Waals surface area contributed by atoms with Crippen LogP contribution in [0.5, 0.6) is 0 Å². The number of aromatic nitrogens is 5. The Balaban J connectivity index is 1.53. The van der Waals surface area contributed by atoms with Gasteiger partial charge < -0.3 is 22.9 Å². The molecule has 14 heteroatoms. The van der Waals surface area contributed by atoms with Crippen LogP contribution in [0.25, 0.3) is 11.2 Å². The van der Waals surface area contributed by atoms with Gasteiger partial charge in [-0.25, -0.2) is 14.6 Å². The summed E-state index contributed by atoms with van der Waals surface area (Å²) in [7, 11) is -4.26. The lowest BCUT2D eigenvalue weighted by atomic mass is 9.79. The molecule has 0 aliphatic carbocycles. The second kappa shape index (κ2) is 18.8. The standard InChI is InChI=1S/C45H60N7O5PSi/c1-31(2)52(32(3)4)58(54-27-15-26-46)56-40-39(55-43(41(40)57-59(10,11)44(7,8)9)51-42-38(49-50-51)28-47-30-48-42)29-53-45(35-16-13-12-14-17-35,36-22-18-33(5)19-23-36)37-24-20-34(6)21-25-37/h12-14,16-25,28,30-32,39-41,43H,15,27,29H2,1-11H3/t39-,40-,41-,43-,58?/m1/s1. The smallest absolute Gasteiger partial charge is 0.259 e. The van der Waals surface area contributed by atoms with Crippen molar-refractivity contribution in [3.8, 4) is 6.07 Å². The molecule has 0 radical (unpaired) electrons. The minimum atomic E-state index is -2.53. The van der Waals surface area contributed by atoms with Crippen LogP contribution in [-0.2, 0) is 28.5 Å². The van der Waals surface area contributed by atoms with E-state index in [2.05, 4.69) is 167 Å². The quantitative estimate of drug-likeness (QED) is 0.0384. The summed E-state index contributed by atoms with van der Waals surface area (Å²) in [4.78, 5) is 8.79. The lowest BCUT2D eigenvalue weighted by Gasteiger charge is -2.42. The van der Waals surface area contributed by atoms with Crippen LogP contribution in [0.4, 0.5) is 0 Å². The van der Waals surface area contributed by atoms with Crippen molar-refractivity contribution in [1.82, 2.24) is 29.6 Å². The number of nitrogens with zero attached hydrogens (tertiary/aromatic N) is 7. The summed E-state index contributed by atoms with van der Waals surface area (Å²) in [6, 6.07) is 29.8. The molecule has 1 fully saturated rings. The zero-order chi connectivity index (χ0) is 42.5. The Morgan fingerprint density at radius 2 is 1.47 bits per heavy atom. The molecule has 3 heterocycles. The number of rotatable bonds is 17. The van der Waals surface area contributed by atoms with Crippen LogP contribution in [0.15, 0.2) is 91.4 Å². The highest BCUT2D eigenvalue weighted by Crippen LogP contribution is 2.52. The van der Waals surface area contributed by atoms with Crippen molar-refractivity contribution in [2.24, 2.45) is 0 Å². The van der Waals surface area contributed by atoms with E-state index in [0.717, 1.165) is 27.8 Å². The van der Waals surface area contributed by atoms with E-state index < -0.39 is 47.0 Å². The summed E-state index contributed by atoms with van der Waals surface area (Å²) >= 11 is 0. The van der Waals surface area contributed by atoms with Gasteiger partial charge in [-0.2, -0.15) is 9.94 Å². The average molecular weight is 838 g/mol. The number of aryl methyl sites for hydroxylation is 2. The van der Waals surface area contributed by atoms with Crippen molar-refractivity contribution in [1.29, 1.82) is 5.26 Å². The molecular formula is C45H60N7O5PSi. The molecule has 0 bridgehead atoms. The molecule has 12 nitrogen and oxygen atoms in total. The van der Waals surface area contributed by atoms with Crippen LogP contribution < -0.4 is 0 Å². The summed E-state index contributed by atoms with van der Waals surface area (Å²) in [5.41, 5.74) is 5.24. The fourth-order valence-electron chi connectivity index (χ4n) is 7.29. The molecule has 1 aliphatic rings. The van der Waals surface area contributed by atoms with Crippen LogP contribution in [0.2, 0.25) is 18.1 Å². The van der Waals surface area contributed by atoms with Crippen LogP contribution in [0.1, 0.15) is 88.9 Å². The molecule has 0 N–H and O–H groups in total. The molecular weight excluding hydrogens is 778 g/mol. The van der Waals surface area contributed by atoms with Crippen molar-refractivity contribution in [3.05, 3.63) is 119 Å². The Kier molecular flexibility index (Phi) is 14.2. The minimum Gasteiger partial charge on any atom is -0.406 e. The number of ether oxygens (including phenoxy) is 2. The number of benzene rings is 3. The molecule has 1 saturated heterocycles. The van der Waals surface area contributed by atoms with E-state index in [1.165, 1.54) is 6.33 Å². The summed E-state index contributed by atoms with van der Waals surface area (Å²) < 4.78 is 39.9. The fourth-order valence-corrected chi connectivity index (χ4v) is 10.3. The SMILES string of the molecule is Cc1ccc(C(OC[C@H]2O[C@@H](n3nnc4cncnc43)[C@H](O[Si](C)(C)C(C)(C)C)[C@@H]2OP(OCCC#N)N(C(C)C)C(C)C)(c2ccccc2)c2ccc(C)cc2)cc1. The van der Waals surface area contributed by atoms with E-state index in [-0.39, 0.29) is 36.8 Å². The first-order chi connectivity index (χ1) is 28.1. The monoisotopic (exact) mass is 837 g/mol. The first-order valence-corrected chi connectivity index (χ1v) is 24.5. The highest BCUT2D eigenvalue weighted by atomic mass is 31.2. The van der Waals surface area contributed by atoms with Gasteiger partial charge in [0.15, 0.2) is 25.7 Å². The first-order valence-electron chi connectivity index (χ1n) is 20.5. The third-order valence-corrected chi connectivity index (χ3v) is 17.9. The topological polar surface area (TPSA) is 130 Å². The minimum absolute atomic E-state index is 0.0699. The highest BCUT2D eigenvalue weighted by Gasteiger charge is 2.55. The van der Waals surface area contributed by atoms with Crippen molar-refractivity contribution in [2.45, 2.75) is 129 Å². The maximum absolute atomic E-state index is 9.54. The van der Waals surface area contributed by atoms with Gasteiger partial charge in [0.2, 0.25) is 0 Å². The van der Waals surface area contributed by atoms with Gasteiger partial charge in [0.05, 0.1) is 31.9 Å². The first kappa shape index (κ1) is 44.6. The Bertz CT molecular complexity index is 2100. The molecule has 3 aromatic carbocycles. The molecule has 1 unspecified atom stereocenters. The fraction of sp³-hybridized carbons (Fsp3) is 0.489. The molecule has 2 aromatic heterocycles. The van der Waals surface area contributed by atoms with Gasteiger partial charge in [0.25, 0.3) is 8.53 Å². The van der Waals surface area contributed by atoms with Crippen LogP contribution in [-0.4, -0.2) is 81.6 Å². The molecule has 0 spiro atoms. The number of hydrogen-bond donors (Lipinski definition) is 0. The Morgan fingerprint density at radius 3 is 2.03 bits per heavy atom. The van der Waals surface area contributed by atoms with Gasteiger partial charge >= 0.3 is 0 Å². The van der Waals surface area contributed by atoms with E-state index in [4.69, 9.17) is 22.9 Å². The van der Waals surface area contributed by atoms with Crippen molar-refractivity contribution in [3.63, 3.8) is 0 Å². The molecule has 59 heavy (non-hydrogen) atoms. The molecule has 5 atom stereocenters. The van der Waals surface area contributed by atoms with Crippen molar-refractivity contribution in [2.75, 3.05) is 13.2 Å². The summed E-state index contributed by atoms with van der Waals surface area (Å²) in [5, 5.41) is 18.4. The lowest BCUT2D eigenvalue weighted by Crippen LogP contribution is -2.50. The van der Waals surface area contributed by atoms with Gasteiger partial charge in [-0.05, 0) is 76.4 Å². The van der Waals surface area contributed by atoms with Crippen molar-refractivity contribution >= 4 is 28.0 Å². The van der Waals surface area contributed by atoms with Crippen LogP contribution >= 0.6 is 8.53 Å². The Hall–Kier alpha value is -3.96. The predicted octanol–water partition coefficient (Wildman–Crippen LogP) is 9.80. The van der Waals surface area contributed by atoms with Gasteiger partial charge in [0.1, 0.15) is 30.2 Å². The van der Waals surface area contributed by atoms with E-state index in [1.807, 2.05) is 18.2 Å². The zero-order valence-corrected chi connectivity index (χ0v) is 38.3. The van der Waals surface area contributed by atoms with E-state index >= 15 is 0 Å². The van der Waals surface area contributed by atoms with Crippen LogP contribution in [0, 0.1) is 25.2 Å². The van der Waals surface area contributed by atoms with Gasteiger partial charge in [0, 0.05) is 12.1 Å². The maximum atomic E-state index is 9.54. The molecule has 0 saturated carbocycles. The molecule has 314 valence electrons. The molecule has 0 amide bonds. The van der Waals surface area contributed by atoms with Gasteiger partial charge in [-0.1, -0.05) is 116 Å². The number of nitriles is 1. The third-order valence-electron chi connectivity index (χ3n) is 11.3. The van der Waals surface area contributed by atoms with E-state index in [1.54, 1.807) is 10.9 Å². The average Bonchev–Trinajstić information content (AvgIpc) is 3.76. The zero-order valence-electron chi connectivity index (χ0n) is 36.4. The van der Waals surface area contributed by atoms with Gasteiger partial charge in [-0.15, -0.1) is 5.10 Å².